The van der Waals surface area contributed by atoms with Gasteiger partial charge in [0.15, 0.2) is 0 Å². The third kappa shape index (κ3) is 10.5. The number of fused-ring (bicyclic) bond motifs is 3. The van der Waals surface area contributed by atoms with Gasteiger partial charge in [0, 0.05) is 87.1 Å². The van der Waals surface area contributed by atoms with Gasteiger partial charge in [0.1, 0.15) is 40.8 Å². The molecule has 3 aliphatic heterocycles. The minimum atomic E-state index is -0.604. The summed E-state index contributed by atoms with van der Waals surface area (Å²) in [6.07, 6.45) is 4.55. The molecule has 0 radical (unpaired) electrons. The smallest absolute Gasteiger partial charge is 0.270 e. The van der Waals surface area contributed by atoms with E-state index in [1.807, 2.05) is 40.8 Å². The topological polar surface area (TPSA) is 267 Å². The number of nitrogen functional groups attached to an aromatic ring is 1. The van der Waals surface area contributed by atoms with Crippen LogP contribution in [-0.2, 0) is 14.2 Å². The minimum absolute atomic E-state index is 0.0200. The van der Waals surface area contributed by atoms with Crippen LogP contribution in [0.2, 0.25) is 0 Å². The lowest BCUT2D eigenvalue weighted by molar-refractivity contribution is -0.385. The van der Waals surface area contributed by atoms with Crippen LogP contribution in [0.1, 0.15) is 12.3 Å². The van der Waals surface area contributed by atoms with Crippen molar-refractivity contribution in [3.8, 4) is 22.5 Å². The van der Waals surface area contributed by atoms with E-state index in [4.69, 9.17) is 19.9 Å². The van der Waals surface area contributed by atoms with E-state index in [-0.39, 0.29) is 46.5 Å². The van der Waals surface area contributed by atoms with E-state index in [0.29, 0.717) is 51.1 Å². The molecule has 2 N–H and O–H groups in total. The van der Waals surface area contributed by atoms with Crippen LogP contribution in [-0.4, -0.2) is 153 Å². The Balaban J connectivity index is 0.000000133. The van der Waals surface area contributed by atoms with E-state index in [1.165, 1.54) is 18.3 Å². The standard InChI is InChI=1S/C22H26N8O2.C16H14FN5O3.C10H7FN4O2/c1-3-7-19-17(5-1)23-25-29(19)21(27-9-13-31-14-10-27)22(28-11-15-32-16-12-28)30-20-8-4-2-6-18(20)24-26-30;17-13-2-1-11(22(23)24)9-12(13)14-3-4-21-15(10-18-16(21)19-14)20-5-7-25-8-6-20;11-8-2-1-6(15(16)17)5-7(8)9-3-4-13-10(12)14-9/h1-8,21-22H,9-16H2;1-4,9-10H,5-8H2;1-5H,(H2,12,13,14). The zero-order valence-corrected chi connectivity index (χ0v) is 39.5. The number of aromatic nitrogens is 11. The van der Waals surface area contributed by atoms with E-state index < -0.39 is 21.5 Å². The van der Waals surface area contributed by atoms with Crippen molar-refractivity contribution in [1.29, 1.82) is 0 Å². The molecular weight excluding hydrogens is 965 g/mol. The minimum Gasteiger partial charge on any atom is -0.379 e. The Morgan fingerprint density at radius 2 is 1.08 bits per heavy atom. The van der Waals surface area contributed by atoms with Crippen LogP contribution in [0.3, 0.4) is 0 Å². The Hall–Kier alpha value is -8.56. The van der Waals surface area contributed by atoms with Crippen molar-refractivity contribution in [3.05, 3.63) is 148 Å². The number of halogens is 2. The molecule has 3 fully saturated rings. The van der Waals surface area contributed by atoms with Crippen molar-refractivity contribution in [2.75, 3.05) is 89.5 Å². The van der Waals surface area contributed by atoms with Crippen LogP contribution >= 0.6 is 0 Å². The molecule has 12 rings (SSSR count). The van der Waals surface area contributed by atoms with Crippen LogP contribution < -0.4 is 10.6 Å². The molecule has 3 saturated heterocycles. The molecule has 0 amide bonds. The van der Waals surface area contributed by atoms with Gasteiger partial charge in [0.2, 0.25) is 11.7 Å². The van der Waals surface area contributed by atoms with Crippen molar-refractivity contribution in [1.82, 2.24) is 64.1 Å². The molecule has 8 heterocycles. The van der Waals surface area contributed by atoms with Gasteiger partial charge < -0.3 is 24.8 Å². The fourth-order valence-electron chi connectivity index (χ4n) is 8.99. The predicted molar refractivity (Wildman–Crippen MR) is 264 cm³/mol. The SMILES string of the molecule is Nc1nccc(-c2cc([N+](=O)[O-])ccc2F)n1.O=[N+]([O-])c1ccc(F)c(-c2ccn3c(N4CCOCC4)cnc3n2)c1.c1ccc2c(c1)nnn2C(C(N1CCOCC1)n1nnc2ccccc21)N1CCOCC1. The van der Waals surface area contributed by atoms with Crippen molar-refractivity contribution < 1.29 is 32.8 Å². The number of morpholine rings is 3. The van der Waals surface area contributed by atoms with Gasteiger partial charge in [-0.15, -0.1) is 10.2 Å². The summed E-state index contributed by atoms with van der Waals surface area (Å²) < 4.78 is 50.3. The van der Waals surface area contributed by atoms with Crippen molar-refractivity contribution >= 4 is 51.0 Å². The Kier molecular flexibility index (Phi) is 14.6. The van der Waals surface area contributed by atoms with Gasteiger partial charge in [-0.3, -0.25) is 34.4 Å². The number of benzene rings is 4. The van der Waals surface area contributed by atoms with Gasteiger partial charge in [0.25, 0.3) is 11.4 Å². The third-order valence-electron chi connectivity index (χ3n) is 12.6. The summed E-state index contributed by atoms with van der Waals surface area (Å²) in [6, 6.07) is 25.9. The summed E-state index contributed by atoms with van der Waals surface area (Å²) in [5, 5.41) is 39.7. The molecule has 24 nitrogen and oxygen atoms in total. The van der Waals surface area contributed by atoms with Crippen molar-refractivity contribution in [2.24, 2.45) is 0 Å². The predicted octanol–water partition coefficient (Wildman–Crippen LogP) is 5.59. The average molecular weight is 1010 g/mol. The molecule has 5 aromatic heterocycles. The molecule has 0 spiro atoms. The van der Waals surface area contributed by atoms with Crippen LogP contribution in [0.15, 0.2) is 116 Å². The highest BCUT2D eigenvalue weighted by atomic mass is 19.1. The molecule has 2 unspecified atom stereocenters. The molecule has 0 saturated carbocycles. The highest BCUT2D eigenvalue weighted by Gasteiger charge is 2.39. The molecule has 0 bridgehead atoms. The number of anilines is 2. The van der Waals surface area contributed by atoms with Crippen LogP contribution in [0.5, 0.6) is 0 Å². The molecule has 9 aromatic rings. The Morgan fingerprint density at radius 1 is 0.595 bits per heavy atom. The number of ether oxygens (including phenoxy) is 3. The number of nitrogens with two attached hydrogens (primary N) is 1. The fourth-order valence-corrected chi connectivity index (χ4v) is 8.99. The first kappa shape index (κ1) is 49.0. The van der Waals surface area contributed by atoms with Gasteiger partial charge in [-0.05, 0) is 48.5 Å². The zero-order chi connectivity index (χ0) is 51.1. The number of nitro benzene ring substituents is 2. The van der Waals surface area contributed by atoms with Gasteiger partial charge in [-0.1, -0.05) is 34.7 Å². The largest absolute Gasteiger partial charge is 0.379 e. The molecule has 0 aliphatic carbocycles. The first-order valence-corrected chi connectivity index (χ1v) is 23.5. The normalized spacial score (nSPS) is 16.3. The van der Waals surface area contributed by atoms with Crippen LogP contribution in [0, 0.1) is 31.9 Å². The monoisotopic (exact) mass is 1010 g/mol. The molecular formula is C48H47F2N17O7. The second-order valence-corrected chi connectivity index (χ2v) is 17.0. The maximum absolute atomic E-state index is 14.1. The van der Waals surface area contributed by atoms with E-state index in [9.17, 15) is 29.0 Å². The van der Waals surface area contributed by atoms with Gasteiger partial charge in [0.05, 0.1) is 78.1 Å². The summed E-state index contributed by atoms with van der Waals surface area (Å²) in [6.45, 7) is 8.83. The Labute approximate surface area is 418 Å². The summed E-state index contributed by atoms with van der Waals surface area (Å²) >= 11 is 0. The fraction of sp³-hybridized carbons (Fsp3) is 0.292. The summed E-state index contributed by atoms with van der Waals surface area (Å²) in [4.78, 5) is 43.4. The lowest BCUT2D eigenvalue weighted by atomic mass is 10.1. The summed E-state index contributed by atoms with van der Waals surface area (Å²) in [7, 11) is 0. The van der Waals surface area contributed by atoms with Gasteiger partial charge in [-0.2, -0.15) is 0 Å². The summed E-state index contributed by atoms with van der Waals surface area (Å²) in [5.74, 6) is 0.103. The number of hydrogen-bond acceptors (Lipinski definition) is 19. The van der Waals surface area contributed by atoms with Crippen molar-refractivity contribution in [2.45, 2.75) is 12.3 Å². The number of para-hydroxylation sites is 2. The lowest BCUT2D eigenvalue weighted by Crippen LogP contribution is -2.52. The third-order valence-corrected chi connectivity index (χ3v) is 12.6. The van der Waals surface area contributed by atoms with E-state index in [0.717, 1.165) is 97.5 Å². The second-order valence-electron chi connectivity index (χ2n) is 17.0. The highest BCUT2D eigenvalue weighted by Crippen LogP contribution is 2.35. The first-order chi connectivity index (χ1) is 36.1. The maximum atomic E-state index is 14.1. The van der Waals surface area contributed by atoms with E-state index in [1.54, 1.807) is 18.5 Å². The van der Waals surface area contributed by atoms with Gasteiger partial charge >= 0.3 is 0 Å². The van der Waals surface area contributed by atoms with Crippen molar-refractivity contribution in [3.63, 3.8) is 0 Å². The highest BCUT2D eigenvalue weighted by molar-refractivity contribution is 5.75. The number of rotatable bonds is 10. The second kappa shape index (κ2) is 22.1. The number of nitro groups is 2. The Bertz CT molecular complexity index is 3340. The van der Waals surface area contributed by atoms with Crippen LogP contribution in [0.25, 0.3) is 50.4 Å². The molecule has 4 aromatic carbocycles. The number of non-ortho nitro benzene ring substituents is 2. The molecule has 380 valence electrons. The van der Waals surface area contributed by atoms with Crippen LogP contribution in [0.4, 0.5) is 31.9 Å². The van der Waals surface area contributed by atoms with E-state index >= 15 is 0 Å². The molecule has 2 atom stereocenters. The first-order valence-electron chi connectivity index (χ1n) is 23.5. The summed E-state index contributed by atoms with van der Waals surface area (Å²) in [5.41, 5.74) is 9.36. The van der Waals surface area contributed by atoms with E-state index in [2.05, 4.69) is 76.8 Å². The number of nitrogens with zero attached hydrogens (tertiary/aromatic N) is 16. The molecule has 26 heteroatoms. The zero-order valence-electron chi connectivity index (χ0n) is 39.5. The number of imidazole rings is 1. The molecule has 3 aliphatic rings. The number of hydrogen-bond donors (Lipinski definition) is 1. The average Bonchev–Trinajstić information content (AvgIpc) is 4.19. The quantitative estimate of drug-likeness (QED) is 0.129. The van der Waals surface area contributed by atoms with Gasteiger partial charge in [-0.25, -0.2) is 38.1 Å². The molecule has 74 heavy (non-hydrogen) atoms. The Morgan fingerprint density at radius 3 is 1.58 bits per heavy atom. The lowest BCUT2D eigenvalue weighted by Gasteiger charge is -2.44. The maximum Gasteiger partial charge on any atom is 0.270 e.